The second-order valence-corrected chi connectivity index (χ2v) is 12.1. The van der Waals surface area contributed by atoms with Crippen LogP contribution in [0, 0.1) is 6.92 Å². The number of rotatable bonds is 7. The molecule has 0 spiro atoms. The molecular weight excluding hydrogens is 522 g/mol. The Morgan fingerprint density at radius 2 is 1.74 bits per heavy atom. The number of hydrogen-bond donors (Lipinski definition) is 2. The number of fused-ring (bicyclic) bond motifs is 1. The number of alkyl halides is 1. The van der Waals surface area contributed by atoms with Crippen LogP contribution in [0.25, 0.3) is 10.9 Å². The van der Waals surface area contributed by atoms with E-state index in [1.807, 2.05) is 48.2 Å². The summed E-state index contributed by atoms with van der Waals surface area (Å²) in [5, 5.41) is 3.31. The van der Waals surface area contributed by atoms with Crippen molar-refractivity contribution >= 4 is 44.2 Å². The molecule has 7 nitrogen and oxygen atoms in total. The normalized spacial score (nSPS) is 14.5. The highest BCUT2D eigenvalue weighted by molar-refractivity contribution is 7.92. The minimum atomic E-state index is -3.57. The highest BCUT2D eigenvalue weighted by Crippen LogP contribution is 2.28. The van der Waals surface area contributed by atoms with Crippen LogP contribution in [0.3, 0.4) is 0 Å². The van der Waals surface area contributed by atoms with Crippen LogP contribution in [0.15, 0.2) is 77.7 Å². The maximum atomic E-state index is 13.4. The molecule has 0 bridgehead atoms. The number of halogens is 1. The van der Waals surface area contributed by atoms with Crippen molar-refractivity contribution in [3.05, 3.63) is 101 Å². The minimum Gasteiger partial charge on any atom is -0.356 e. The maximum Gasteiger partial charge on any atom is 0.254 e. The molecule has 1 atom stereocenters. The van der Waals surface area contributed by atoms with Gasteiger partial charge >= 0.3 is 0 Å². The number of likely N-dealkylation sites (tertiary alicyclic amines) is 1. The molecule has 0 radical (unpaired) electrons. The average Bonchev–Trinajstić information content (AvgIpc) is 3.61. The largest absolute Gasteiger partial charge is 0.356 e. The van der Waals surface area contributed by atoms with Gasteiger partial charge in [-0.15, -0.1) is 11.6 Å². The van der Waals surface area contributed by atoms with Crippen LogP contribution in [0.4, 0.5) is 0 Å². The number of aryl methyl sites for hydroxylation is 1. The first-order valence-electron chi connectivity index (χ1n) is 12.4. The number of benzene rings is 3. The van der Waals surface area contributed by atoms with Crippen molar-refractivity contribution in [2.45, 2.75) is 30.7 Å². The maximum absolute atomic E-state index is 13.4. The van der Waals surface area contributed by atoms with E-state index in [4.69, 9.17) is 11.6 Å². The Balaban J connectivity index is 1.45. The van der Waals surface area contributed by atoms with Gasteiger partial charge in [-0.05, 0) is 73.4 Å². The van der Waals surface area contributed by atoms with Crippen molar-refractivity contribution < 1.29 is 18.0 Å². The Hall–Kier alpha value is -3.62. The molecule has 2 heterocycles. The first kappa shape index (κ1) is 26.0. The van der Waals surface area contributed by atoms with Crippen molar-refractivity contribution in [1.82, 2.24) is 15.2 Å². The highest BCUT2D eigenvalue weighted by Gasteiger charge is 2.24. The molecule has 38 heavy (non-hydrogen) atoms. The summed E-state index contributed by atoms with van der Waals surface area (Å²) in [5.41, 5.74) is 4.12. The molecule has 5 rings (SSSR count). The first-order chi connectivity index (χ1) is 18.3. The fraction of sp³-hybridized carbons (Fsp3) is 0.241. The van der Waals surface area contributed by atoms with Gasteiger partial charge in [-0.3, -0.25) is 9.59 Å². The fourth-order valence-corrected chi connectivity index (χ4v) is 5.97. The van der Waals surface area contributed by atoms with E-state index in [2.05, 4.69) is 10.3 Å². The quantitative estimate of drug-likeness (QED) is 0.309. The number of aromatic nitrogens is 1. The number of hydrogen-bond acceptors (Lipinski definition) is 4. The summed E-state index contributed by atoms with van der Waals surface area (Å²) >= 11 is 5.64. The molecule has 1 saturated heterocycles. The lowest BCUT2D eigenvalue weighted by Crippen LogP contribution is -2.30. The van der Waals surface area contributed by atoms with E-state index in [9.17, 15) is 18.0 Å². The number of carbonyl (C=O) groups excluding carboxylic acids is 2. The Kier molecular flexibility index (Phi) is 7.27. The van der Waals surface area contributed by atoms with E-state index in [0.29, 0.717) is 22.2 Å². The van der Waals surface area contributed by atoms with Gasteiger partial charge in [0.15, 0.2) is 9.84 Å². The second-order valence-electron chi connectivity index (χ2n) is 9.54. The zero-order valence-corrected chi connectivity index (χ0v) is 22.5. The zero-order chi connectivity index (χ0) is 26.9. The summed E-state index contributed by atoms with van der Waals surface area (Å²) in [6.07, 6.45) is 2.04. The van der Waals surface area contributed by atoms with Crippen LogP contribution in [-0.2, 0) is 9.84 Å². The fourth-order valence-electron chi connectivity index (χ4n) is 4.88. The third kappa shape index (κ3) is 5.19. The number of amides is 2. The van der Waals surface area contributed by atoms with Crippen LogP contribution in [-0.4, -0.2) is 48.4 Å². The number of nitrogens with one attached hydrogen (secondary N) is 2. The Labute approximate surface area is 226 Å². The number of H-pyrrole nitrogens is 1. The molecule has 2 N–H and O–H groups in total. The van der Waals surface area contributed by atoms with Gasteiger partial charge in [0.1, 0.15) is 5.21 Å². The van der Waals surface area contributed by atoms with E-state index in [-0.39, 0.29) is 16.7 Å². The molecule has 1 aliphatic rings. The molecule has 0 aliphatic carbocycles. The third-order valence-corrected chi connectivity index (χ3v) is 9.07. The van der Waals surface area contributed by atoms with Crippen LogP contribution >= 0.6 is 11.6 Å². The van der Waals surface area contributed by atoms with Gasteiger partial charge in [0.2, 0.25) is 0 Å². The van der Waals surface area contributed by atoms with Gasteiger partial charge in [0.25, 0.3) is 11.8 Å². The van der Waals surface area contributed by atoms with Crippen molar-refractivity contribution in [2.75, 3.05) is 18.3 Å². The van der Waals surface area contributed by atoms with E-state index < -0.39 is 21.1 Å². The molecule has 2 amide bonds. The number of aromatic amines is 1. The molecule has 0 saturated carbocycles. The lowest BCUT2D eigenvalue weighted by atomic mass is 10.0. The minimum absolute atomic E-state index is 0.00254. The van der Waals surface area contributed by atoms with Crippen molar-refractivity contribution in [1.29, 1.82) is 0 Å². The van der Waals surface area contributed by atoms with E-state index in [1.54, 1.807) is 30.3 Å². The van der Waals surface area contributed by atoms with Crippen molar-refractivity contribution in [2.24, 2.45) is 0 Å². The summed E-state index contributed by atoms with van der Waals surface area (Å²) in [6.45, 7) is 3.38. The summed E-state index contributed by atoms with van der Waals surface area (Å²) in [7, 11) is -3.57. The van der Waals surface area contributed by atoms with Crippen molar-refractivity contribution in [3.63, 3.8) is 0 Å². The number of carbonyl (C=O) groups is 2. The monoisotopic (exact) mass is 549 g/mol. The van der Waals surface area contributed by atoms with E-state index in [0.717, 1.165) is 42.6 Å². The summed E-state index contributed by atoms with van der Waals surface area (Å²) < 4.78 is 24.5. The van der Waals surface area contributed by atoms with Crippen LogP contribution in [0.5, 0.6) is 0 Å². The van der Waals surface area contributed by atoms with Crippen molar-refractivity contribution in [3.8, 4) is 0 Å². The predicted molar refractivity (Wildman–Crippen MR) is 148 cm³/mol. The standard InChI is InChI=1S/C29H28ClN3O4S/c1-19-15-21(9-11-24(19)29(35)33-13-5-6-14-33)28(34)32-27(20-7-3-2-4-8-20)26-17-22-16-23(38(36,37)18-30)10-12-25(22)31-26/h2-4,7-12,15-17,27,31H,5-6,13-14,18H2,1H3,(H,32,34). The highest BCUT2D eigenvalue weighted by atomic mass is 35.5. The van der Waals surface area contributed by atoms with E-state index in [1.165, 1.54) is 6.07 Å². The van der Waals surface area contributed by atoms with Gasteiger partial charge in [0.05, 0.1) is 10.9 Å². The molecule has 9 heteroatoms. The number of sulfone groups is 1. The summed E-state index contributed by atoms with van der Waals surface area (Å²) in [6, 6.07) is 20.8. The molecule has 3 aromatic carbocycles. The molecule has 1 fully saturated rings. The summed E-state index contributed by atoms with van der Waals surface area (Å²) in [4.78, 5) is 31.6. The van der Waals surface area contributed by atoms with Gasteiger partial charge in [-0.2, -0.15) is 0 Å². The van der Waals surface area contributed by atoms with E-state index >= 15 is 0 Å². The van der Waals surface area contributed by atoms with Gasteiger partial charge in [0, 0.05) is 40.8 Å². The molecule has 1 unspecified atom stereocenters. The zero-order valence-electron chi connectivity index (χ0n) is 20.9. The second kappa shape index (κ2) is 10.6. The average molecular weight is 550 g/mol. The predicted octanol–water partition coefficient (Wildman–Crippen LogP) is 5.20. The van der Waals surface area contributed by atoms with Gasteiger partial charge in [-0.25, -0.2) is 8.42 Å². The molecule has 1 aliphatic heterocycles. The van der Waals surface area contributed by atoms with Crippen LogP contribution in [0.2, 0.25) is 0 Å². The van der Waals surface area contributed by atoms with Crippen LogP contribution < -0.4 is 5.32 Å². The summed E-state index contributed by atoms with van der Waals surface area (Å²) in [5.74, 6) is -0.283. The van der Waals surface area contributed by atoms with Crippen LogP contribution in [0.1, 0.15) is 56.4 Å². The Morgan fingerprint density at radius 1 is 1.00 bits per heavy atom. The molecular formula is C29H28ClN3O4S. The Bertz CT molecular complexity index is 1610. The first-order valence-corrected chi connectivity index (χ1v) is 14.6. The molecule has 196 valence electrons. The van der Waals surface area contributed by atoms with Gasteiger partial charge < -0.3 is 15.2 Å². The smallest absolute Gasteiger partial charge is 0.254 e. The molecule has 4 aromatic rings. The third-order valence-electron chi connectivity index (χ3n) is 6.95. The van der Waals surface area contributed by atoms with Gasteiger partial charge in [-0.1, -0.05) is 30.3 Å². The Morgan fingerprint density at radius 3 is 2.42 bits per heavy atom. The number of nitrogens with zero attached hydrogens (tertiary/aromatic N) is 1. The topological polar surface area (TPSA) is 99.3 Å². The SMILES string of the molecule is Cc1cc(C(=O)NC(c2ccccc2)c2cc3cc(S(=O)(=O)CCl)ccc3[nH]2)ccc1C(=O)N1CCCC1. The lowest BCUT2D eigenvalue weighted by molar-refractivity contribution is 0.0791. The lowest BCUT2D eigenvalue weighted by Gasteiger charge is -2.20. The molecule has 1 aromatic heterocycles.